The molecule has 0 atom stereocenters. The first-order valence-electron chi connectivity index (χ1n) is 8.82. The molecular formula is C17H35NO4P+. The number of rotatable bonds is 12. The fourth-order valence-electron chi connectivity index (χ4n) is 2.27. The lowest BCUT2D eigenvalue weighted by Crippen LogP contribution is -2.27. The number of carbonyl (C=O) groups excluding carboxylic acids is 2. The Hall–Kier alpha value is -0.670. The van der Waals surface area contributed by atoms with Gasteiger partial charge in [-0.15, -0.1) is 0 Å². The van der Waals surface area contributed by atoms with Crippen LogP contribution in [0, 0.1) is 0 Å². The first-order chi connectivity index (χ1) is 10.9. The maximum Gasteiger partial charge on any atom is 0.457 e. The number of nitrogens with zero attached hydrogens (tertiary/aromatic N) is 1. The van der Waals surface area contributed by atoms with E-state index in [1.165, 1.54) is 0 Å². The summed E-state index contributed by atoms with van der Waals surface area (Å²) in [5.74, 6) is -1.67. The number of unbranched alkanes of at least 4 members (excludes halogenated alkanes) is 3. The van der Waals surface area contributed by atoms with Gasteiger partial charge in [-0.3, -0.25) is 4.90 Å². The predicted molar refractivity (Wildman–Crippen MR) is 97.0 cm³/mol. The fourth-order valence-corrected chi connectivity index (χ4v) is 6.32. The molecule has 0 spiro atoms. The predicted octanol–water partition coefficient (Wildman–Crippen LogP) is 3.92. The van der Waals surface area contributed by atoms with Gasteiger partial charge in [0.1, 0.15) is 6.73 Å². The van der Waals surface area contributed by atoms with E-state index < -0.39 is 19.4 Å². The van der Waals surface area contributed by atoms with Gasteiger partial charge in [0.15, 0.2) is 7.49 Å². The maximum atomic E-state index is 12.2. The summed E-state index contributed by atoms with van der Waals surface area (Å²) in [7, 11) is 1.69. The standard InChI is InChI=1S/C17H35NO4P/c1-6-9-12-23(13-10-7-2,14-11-8-3)22-17(20)16(19)21-15-18(4)5/h6-15H2,1-5H3/q+1. The van der Waals surface area contributed by atoms with Crippen molar-refractivity contribution in [2.75, 3.05) is 39.3 Å². The van der Waals surface area contributed by atoms with E-state index in [0.717, 1.165) is 57.0 Å². The van der Waals surface area contributed by atoms with Crippen molar-refractivity contribution in [3.05, 3.63) is 0 Å². The molecule has 136 valence electrons. The third-order valence-corrected chi connectivity index (χ3v) is 7.60. The Kier molecular flexibility index (Phi) is 12.3. The van der Waals surface area contributed by atoms with Crippen molar-refractivity contribution in [3.8, 4) is 0 Å². The Morgan fingerprint density at radius 1 is 0.826 bits per heavy atom. The molecule has 0 aromatic heterocycles. The van der Waals surface area contributed by atoms with Crippen LogP contribution >= 0.6 is 7.49 Å². The minimum Gasteiger partial charge on any atom is -0.441 e. The normalized spacial score (nSPS) is 11.6. The van der Waals surface area contributed by atoms with Crippen molar-refractivity contribution < 1.29 is 18.8 Å². The van der Waals surface area contributed by atoms with Crippen molar-refractivity contribution in [2.45, 2.75) is 59.3 Å². The van der Waals surface area contributed by atoms with Gasteiger partial charge in [0.2, 0.25) is 0 Å². The summed E-state index contributed by atoms with van der Waals surface area (Å²) >= 11 is 0. The lowest BCUT2D eigenvalue weighted by atomic mass is 10.4. The van der Waals surface area contributed by atoms with Crippen LogP contribution in [0.15, 0.2) is 0 Å². The largest absolute Gasteiger partial charge is 0.457 e. The average Bonchev–Trinajstić information content (AvgIpc) is 2.53. The molecule has 0 aliphatic carbocycles. The number of hydrogen-bond acceptors (Lipinski definition) is 5. The highest BCUT2D eigenvalue weighted by Gasteiger charge is 2.43. The molecule has 0 fully saturated rings. The van der Waals surface area contributed by atoms with Crippen LogP contribution in [0.5, 0.6) is 0 Å². The van der Waals surface area contributed by atoms with Crippen molar-refractivity contribution in [2.24, 2.45) is 0 Å². The van der Waals surface area contributed by atoms with E-state index in [1.807, 2.05) is 0 Å². The van der Waals surface area contributed by atoms with E-state index in [-0.39, 0.29) is 6.73 Å². The van der Waals surface area contributed by atoms with E-state index in [4.69, 9.17) is 9.26 Å². The summed E-state index contributed by atoms with van der Waals surface area (Å²) in [6.45, 7) is 6.52. The number of hydrogen-bond donors (Lipinski definition) is 0. The first kappa shape index (κ1) is 22.3. The molecule has 0 aliphatic rings. The van der Waals surface area contributed by atoms with Crippen molar-refractivity contribution in [1.82, 2.24) is 4.90 Å². The summed E-state index contributed by atoms with van der Waals surface area (Å²) in [4.78, 5) is 25.7. The van der Waals surface area contributed by atoms with Gasteiger partial charge in [-0.2, -0.15) is 0 Å². The lowest BCUT2D eigenvalue weighted by Gasteiger charge is -2.25. The van der Waals surface area contributed by atoms with Gasteiger partial charge in [-0.05, 0) is 33.4 Å². The Balaban J connectivity index is 4.91. The molecule has 0 aromatic carbocycles. The Labute approximate surface area is 142 Å². The molecule has 5 nitrogen and oxygen atoms in total. The smallest absolute Gasteiger partial charge is 0.441 e. The molecule has 0 bridgehead atoms. The molecule has 0 unspecified atom stereocenters. The zero-order valence-corrected chi connectivity index (χ0v) is 16.5. The van der Waals surface area contributed by atoms with E-state index in [9.17, 15) is 9.59 Å². The lowest BCUT2D eigenvalue weighted by molar-refractivity contribution is -0.164. The Morgan fingerprint density at radius 3 is 1.61 bits per heavy atom. The molecule has 0 N–H and O–H groups in total. The second-order valence-corrected chi connectivity index (χ2v) is 9.95. The van der Waals surface area contributed by atoms with Crippen molar-refractivity contribution >= 4 is 19.4 Å². The first-order valence-corrected chi connectivity index (χ1v) is 11.1. The van der Waals surface area contributed by atoms with Gasteiger partial charge in [-0.1, -0.05) is 40.0 Å². The van der Waals surface area contributed by atoms with Gasteiger partial charge in [0.05, 0.1) is 18.5 Å². The molecule has 0 heterocycles. The molecule has 0 rings (SSSR count). The van der Waals surface area contributed by atoms with Gasteiger partial charge in [-0.25, -0.2) is 9.59 Å². The molecule has 0 saturated heterocycles. The highest BCUT2D eigenvalue weighted by molar-refractivity contribution is 7.71. The number of carbonyl (C=O) groups is 2. The zero-order chi connectivity index (χ0) is 17.7. The summed E-state index contributed by atoms with van der Waals surface area (Å²) < 4.78 is 10.8. The zero-order valence-electron chi connectivity index (χ0n) is 15.6. The summed E-state index contributed by atoms with van der Waals surface area (Å²) in [5.41, 5.74) is 0. The van der Waals surface area contributed by atoms with Gasteiger partial charge >= 0.3 is 11.9 Å². The van der Waals surface area contributed by atoms with Crippen molar-refractivity contribution in [3.63, 3.8) is 0 Å². The van der Waals surface area contributed by atoms with E-state index in [1.54, 1.807) is 19.0 Å². The van der Waals surface area contributed by atoms with Crippen LogP contribution in [0.3, 0.4) is 0 Å². The van der Waals surface area contributed by atoms with Gasteiger partial charge in [0.25, 0.3) is 0 Å². The monoisotopic (exact) mass is 348 g/mol. The summed E-state index contributed by atoms with van der Waals surface area (Å²) in [6, 6.07) is 0. The Bertz CT molecular complexity index is 326. The van der Waals surface area contributed by atoms with E-state index >= 15 is 0 Å². The van der Waals surface area contributed by atoms with Crippen LogP contribution in [0.1, 0.15) is 59.3 Å². The van der Waals surface area contributed by atoms with Crippen molar-refractivity contribution in [1.29, 1.82) is 0 Å². The maximum absolute atomic E-state index is 12.2. The molecule has 0 saturated carbocycles. The minimum atomic E-state index is -1.87. The molecule has 0 radical (unpaired) electrons. The molecule has 6 heteroatoms. The van der Waals surface area contributed by atoms with Crippen LogP contribution < -0.4 is 0 Å². The highest BCUT2D eigenvalue weighted by atomic mass is 31.2. The topological polar surface area (TPSA) is 55.8 Å². The van der Waals surface area contributed by atoms with E-state index in [0.29, 0.717) is 0 Å². The average molecular weight is 348 g/mol. The molecule has 23 heavy (non-hydrogen) atoms. The van der Waals surface area contributed by atoms with E-state index in [2.05, 4.69) is 20.8 Å². The fraction of sp³-hybridized carbons (Fsp3) is 0.882. The third-order valence-electron chi connectivity index (χ3n) is 3.65. The molecule has 0 aromatic rings. The third kappa shape index (κ3) is 9.93. The minimum absolute atomic E-state index is 0.0955. The van der Waals surface area contributed by atoms with Crippen LogP contribution in [0.25, 0.3) is 0 Å². The van der Waals surface area contributed by atoms with Crippen LogP contribution in [-0.2, 0) is 18.8 Å². The van der Waals surface area contributed by atoms with Crippen LogP contribution in [0.2, 0.25) is 0 Å². The Morgan fingerprint density at radius 2 is 1.26 bits per heavy atom. The second-order valence-electron chi connectivity index (χ2n) is 6.31. The molecular weight excluding hydrogens is 313 g/mol. The molecule has 0 amide bonds. The van der Waals surface area contributed by atoms with Crippen LogP contribution in [0.4, 0.5) is 0 Å². The number of esters is 1. The quantitative estimate of drug-likeness (QED) is 0.231. The number of ether oxygens (including phenoxy) is 1. The van der Waals surface area contributed by atoms with Gasteiger partial charge in [0, 0.05) is 0 Å². The second kappa shape index (κ2) is 12.7. The summed E-state index contributed by atoms with van der Waals surface area (Å²) in [5, 5.41) is 0. The SMILES string of the molecule is CCCC[P+](CCCC)(CCCC)OC(=O)C(=O)OCN(C)C. The molecule has 0 aliphatic heterocycles. The van der Waals surface area contributed by atoms with Gasteiger partial charge < -0.3 is 9.26 Å². The highest BCUT2D eigenvalue weighted by Crippen LogP contribution is 2.61. The van der Waals surface area contributed by atoms with Crippen LogP contribution in [-0.4, -0.2) is 56.2 Å². The summed E-state index contributed by atoms with van der Waals surface area (Å²) in [6.07, 6.45) is 9.13.